The van der Waals surface area contributed by atoms with Crippen LogP contribution in [0.4, 0.5) is 5.69 Å². The molecular weight excluding hydrogens is 284 g/mol. The first-order valence-electron chi connectivity index (χ1n) is 6.79. The molecule has 1 aliphatic heterocycles. The van der Waals surface area contributed by atoms with Gasteiger partial charge in [0.1, 0.15) is 0 Å². The molecular formula is C13H18N8O. The molecule has 1 aromatic carbocycles. The summed E-state index contributed by atoms with van der Waals surface area (Å²) in [6, 6.07) is 6.15. The number of aromatic nitrogens is 2. The molecule has 9 heteroatoms. The lowest BCUT2D eigenvalue weighted by molar-refractivity contribution is 0.271. The van der Waals surface area contributed by atoms with Gasteiger partial charge in [0, 0.05) is 11.1 Å². The second-order valence-corrected chi connectivity index (χ2v) is 4.66. The Morgan fingerprint density at radius 2 is 2.32 bits per heavy atom. The lowest BCUT2D eigenvalue weighted by atomic mass is 10.2. The van der Waals surface area contributed by atoms with Crippen molar-refractivity contribution in [3.63, 3.8) is 0 Å². The van der Waals surface area contributed by atoms with Crippen LogP contribution in [-0.4, -0.2) is 54.2 Å². The molecule has 1 atom stereocenters. The van der Waals surface area contributed by atoms with Gasteiger partial charge in [-0.25, -0.2) is 0 Å². The fourth-order valence-corrected chi connectivity index (χ4v) is 2.22. The molecule has 0 radical (unpaired) electrons. The maximum Gasteiger partial charge on any atom is 0.317 e. The van der Waals surface area contributed by atoms with Crippen LogP contribution in [0.2, 0.25) is 0 Å². The third-order valence-electron chi connectivity index (χ3n) is 3.34. The van der Waals surface area contributed by atoms with Crippen LogP contribution in [0.1, 0.15) is 0 Å². The van der Waals surface area contributed by atoms with Gasteiger partial charge in [0.2, 0.25) is 5.96 Å². The molecule has 2 aromatic rings. The summed E-state index contributed by atoms with van der Waals surface area (Å²) in [6.07, 6.45) is 1.44. The Bertz CT molecular complexity index is 722. The van der Waals surface area contributed by atoms with Crippen LogP contribution in [0.15, 0.2) is 34.4 Å². The number of hydrogen-bond acceptors (Lipinski definition) is 8. The number of H-pyrrole nitrogens is 1. The molecule has 0 saturated heterocycles. The van der Waals surface area contributed by atoms with Gasteiger partial charge in [0.05, 0.1) is 25.5 Å². The average molecular weight is 302 g/mol. The van der Waals surface area contributed by atoms with E-state index in [1.165, 1.54) is 7.11 Å². The molecule has 3 rings (SSSR count). The monoisotopic (exact) mass is 302 g/mol. The maximum atomic E-state index is 5.81. The van der Waals surface area contributed by atoms with E-state index in [4.69, 9.17) is 10.5 Å². The first-order valence-corrected chi connectivity index (χ1v) is 6.79. The van der Waals surface area contributed by atoms with Crippen LogP contribution in [0, 0.1) is 0 Å². The molecule has 1 aliphatic rings. The van der Waals surface area contributed by atoms with E-state index in [9.17, 15) is 0 Å². The van der Waals surface area contributed by atoms with Crippen molar-refractivity contribution in [3.05, 3.63) is 24.4 Å². The third kappa shape index (κ3) is 2.59. The minimum absolute atomic E-state index is 0.254. The summed E-state index contributed by atoms with van der Waals surface area (Å²) >= 11 is 0. The molecule has 0 aliphatic carbocycles. The summed E-state index contributed by atoms with van der Waals surface area (Å²) in [4.78, 5) is 10.4. The number of guanidine groups is 1. The molecule has 0 bridgehead atoms. The number of nitrogens with two attached hydrogens (primary N) is 1. The number of ether oxygens (including phenoxy) is 1. The molecule has 1 unspecified atom stereocenters. The number of methoxy groups -OCH3 is 1. The topological polar surface area (TPSA) is 116 Å². The number of nitrogens with one attached hydrogen (secondary N) is 3. The number of aliphatic imine (C=N–C) groups is 2. The van der Waals surface area contributed by atoms with Gasteiger partial charge in [-0.1, -0.05) is 0 Å². The summed E-state index contributed by atoms with van der Waals surface area (Å²) < 4.78 is 5.14. The first-order chi connectivity index (χ1) is 10.7. The second-order valence-electron chi connectivity index (χ2n) is 4.66. The van der Waals surface area contributed by atoms with E-state index in [-0.39, 0.29) is 19.0 Å². The number of anilines is 1. The highest BCUT2D eigenvalue weighted by Gasteiger charge is 2.25. The van der Waals surface area contributed by atoms with E-state index < -0.39 is 0 Å². The number of nitrogens with zero attached hydrogens (tertiary/aromatic N) is 4. The van der Waals surface area contributed by atoms with Crippen molar-refractivity contribution >= 4 is 28.6 Å². The van der Waals surface area contributed by atoms with Crippen molar-refractivity contribution in [1.29, 1.82) is 0 Å². The van der Waals surface area contributed by atoms with Crippen LogP contribution >= 0.6 is 0 Å². The molecule has 22 heavy (non-hydrogen) atoms. The third-order valence-corrected chi connectivity index (χ3v) is 3.34. The summed E-state index contributed by atoms with van der Waals surface area (Å²) in [6.45, 7) is 0.254. The Kier molecular flexibility index (Phi) is 3.90. The molecule has 9 nitrogen and oxygen atoms in total. The zero-order chi connectivity index (χ0) is 15.5. The predicted octanol–water partition coefficient (Wildman–Crippen LogP) is 0.0680. The Morgan fingerprint density at radius 3 is 3.05 bits per heavy atom. The fourth-order valence-electron chi connectivity index (χ4n) is 2.22. The molecule has 1 aromatic heterocycles. The second kappa shape index (κ2) is 6.00. The Morgan fingerprint density at radius 1 is 1.45 bits per heavy atom. The number of rotatable bonds is 3. The summed E-state index contributed by atoms with van der Waals surface area (Å²) in [7, 11) is 3.32. The van der Waals surface area contributed by atoms with Gasteiger partial charge in [-0.3, -0.25) is 15.3 Å². The normalized spacial score (nSPS) is 18.1. The SMILES string of the molecule is CNC1N=C(OC)N=C(Nc2ccc3cn[nH]c3c2)N1CN. The maximum absolute atomic E-state index is 5.81. The molecule has 116 valence electrons. The molecule has 0 amide bonds. The van der Waals surface area contributed by atoms with Crippen LogP contribution in [0.5, 0.6) is 0 Å². The quantitative estimate of drug-likeness (QED) is 0.637. The van der Waals surface area contributed by atoms with Crippen molar-refractivity contribution in [3.8, 4) is 0 Å². The highest BCUT2D eigenvalue weighted by Crippen LogP contribution is 2.18. The zero-order valence-electron chi connectivity index (χ0n) is 12.4. The minimum Gasteiger partial charge on any atom is -0.467 e. The van der Waals surface area contributed by atoms with Gasteiger partial charge < -0.3 is 15.8 Å². The lowest BCUT2D eigenvalue weighted by Gasteiger charge is -2.32. The van der Waals surface area contributed by atoms with Crippen molar-refractivity contribution < 1.29 is 4.74 Å². The number of aromatic amines is 1. The molecule has 0 spiro atoms. The van der Waals surface area contributed by atoms with Gasteiger partial charge in [0.25, 0.3) is 0 Å². The van der Waals surface area contributed by atoms with Crippen molar-refractivity contribution in [1.82, 2.24) is 20.4 Å². The van der Waals surface area contributed by atoms with Crippen LogP contribution < -0.4 is 16.4 Å². The van der Waals surface area contributed by atoms with E-state index in [0.717, 1.165) is 16.6 Å². The summed E-state index contributed by atoms with van der Waals surface area (Å²) in [5, 5.41) is 14.3. The molecule has 2 heterocycles. The zero-order valence-corrected chi connectivity index (χ0v) is 12.4. The van der Waals surface area contributed by atoms with E-state index in [0.29, 0.717) is 5.96 Å². The number of fused-ring (bicyclic) bond motifs is 1. The Balaban J connectivity index is 1.90. The number of hydrogen-bond donors (Lipinski definition) is 4. The fraction of sp³-hybridized carbons (Fsp3) is 0.308. The van der Waals surface area contributed by atoms with Crippen molar-refractivity contribution in [2.75, 3.05) is 26.1 Å². The van der Waals surface area contributed by atoms with E-state index in [2.05, 4.69) is 30.8 Å². The van der Waals surface area contributed by atoms with Crippen molar-refractivity contribution in [2.24, 2.45) is 15.7 Å². The number of benzene rings is 1. The van der Waals surface area contributed by atoms with Gasteiger partial charge in [-0.2, -0.15) is 15.1 Å². The highest BCUT2D eigenvalue weighted by atomic mass is 16.5. The van der Waals surface area contributed by atoms with Crippen LogP contribution in [-0.2, 0) is 4.74 Å². The van der Waals surface area contributed by atoms with E-state index in [1.807, 2.05) is 18.2 Å². The van der Waals surface area contributed by atoms with Crippen molar-refractivity contribution in [2.45, 2.75) is 6.29 Å². The van der Waals surface area contributed by atoms with Crippen LogP contribution in [0.25, 0.3) is 10.9 Å². The lowest BCUT2D eigenvalue weighted by Crippen LogP contribution is -2.54. The first kappa shape index (κ1) is 14.3. The Labute approximate surface area is 127 Å². The van der Waals surface area contributed by atoms with Gasteiger partial charge in [-0.05, 0) is 25.2 Å². The van der Waals surface area contributed by atoms with Crippen LogP contribution in [0.3, 0.4) is 0 Å². The van der Waals surface area contributed by atoms with Gasteiger partial charge >= 0.3 is 6.02 Å². The minimum atomic E-state index is -0.337. The predicted molar refractivity (Wildman–Crippen MR) is 85.3 cm³/mol. The summed E-state index contributed by atoms with van der Waals surface area (Å²) in [5.41, 5.74) is 7.61. The highest BCUT2D eigenvalue weighted by molar-refractivity contribution is 6.02. The molecule has 0 fully saturated rings. The standard InChI is InChI=1S/C13H18N8O/c1-15-11-18-13(22-2)19-12(21(11)7-14)17-9-4-3-8-6-16-20-10(8)5-9/h3-6,11,15H,7,14H2,1-2H3,(H,16,20)(H,17,18,19). The largest absolute Gasteiger partial charge is 0.467 e. The van der Waals surface area contributed by atoms with E-state index in [1.54, 1.807) is 18.1 Å². The smallest absolute Gasteiger partial charge is 0.317 e. The number of amidine groups is 1. The molecule has 5 N–H and O–H groups in total. The summed E-state index contributed by atoms with van der Waals surface area (Å²) in [5.74, 6) is 0.563. The Hall–Kier alpha value is -2.65. The van der Waals surface area contributed by atoms with Gasteiger partial charge in [0.15, 0.2) is 6.29 Å². The van der Waals surface area contributed by atoms with Gasteiger partial charge in [-0.15, -0.1) is 0 Å². The van der Waals surface area contributed by atoms with E-state index >= 15 is 0 Å². The molecule has 0 saturated carbocycles. The average Bonchev–Trinajstić information content (AvgIpc) is 3.01.